The van der Waals surface area contributed by atoms with E-state index >= 15 is 0 Å². The van der Waals surface area contributed by atoms with Gasteiger partial charge in [-0.05, 0) is 12.8 Å². The lowest BCUT2D eigenvalue weighted by Gasteiger charge is -2.52. The molecule has 0 aliphatic carbocycles. The SMILES string of the molecule is CCCCCCCCCCCCC/C=C/[C@@H](O)[C@@H](N)CO[C@@H]1O[C@H](CO)[C@@H](O[C@@H]2O[C@H](CO)[C@H](O[C@@H]3O[C@H](CO)[C@H](O)[C@H](O[C@@H]4O[C@H](CO)[C@H](O)[C@H](O)[C@H]4O)[C@H]3NC(C)=O)[C@H](O[C@]3(C(=O)O)C[C@H](O)[C@@H](NC(C)=O)[C@H]([C@H](O)[C@H](O)CO)O3)[C@H]2O)[C@H](O)[C@H]1O. The lowest BCUT2D eigenvalue weighted by Crippen LogP contribution is -2.72. The Hall–Kier alpha value is -2.93. The van der Waals surface area contributed by atoms with Crippen molar-refractivity contribution in [2.75, 3.05) is 39.6 Å². The Morgan fingerprint density at radius 1 is 0.580 bits per heavy atom. The summed E-state index contributed by atoms with van der Waals surface area (Å²) in [6, 6.07) is -4.71. The average Bonchev–Trinajstić information content (AvgIpc) is 1.10. The summed E-state index contributed by atoms with van der Waals surface area (Å²) in [4.78, 5) is 38.9. The molecular weight excluding hydrogens is 1180 g/mol. The van der Waals surface area contributed by atoms with E-state index in [2.05, 4.69) is 17.6 Å². The maximum atomic E-state index is 13.6. The average molecular weight is 1280 g/mol. The lowest BCUT2D eigenvalue weighted by molar-refractivity contribution is -0.403. The summed E-state index contributed by atoms with van der Waals surface area (Å²) < 4.78 is 58.9. The van der Waals surface area contributed by atoms with E-state index in [1.165, 1.54) is 51.0 Å². The van der Waals surface area contributed by atoms with Gasteiger partial charge < -0.3 is 151 Å². The number of aliphatic hydroxyl groups is 16. The molecule has 0 spiro atoms. The van der Waals surface area contributed by atoms with E-state index in [-0.39, 0.29) is 0 Å². The number of ether oxygens (including phenoxy) is 10. The zero-order valence-corrected chi connectivity index (χ0v) is 49.7. The van der Waals surface area contributed by atoms with E-state index in [0.29, 0.717) is 6.42 Å². The molecule has 512 valence electrons. The Morgan fingerprint density at radius 3 is 1.64 bits per heavy atom. The van der Waals surface area contributed by atoms with Crippen molar-refractivity contribution in [3.8, 4) is 0 Å². The Labute approximate surface area is 508 Å². The maximum absolute atomic E-state index is 13.6. The van der Waals surface area contributed by atoms with Crippen molar-refractivity contribution < 1.29 is 149 Å². The van der Waals surface area contributed by atoms with Gasteiger partial charge in [-0.2, -0.15) is 0 Å². The van der Waals surface area contributed by atoms with Crippen LogP contribution in [-0.2, 0) is 61.8 Å². The molecule has 28 atom stereocenters. The van der Waals surface area contributed by atoms with Gasteiger partial charge in [0, 0.05) is 20.3 Å². The van der Waals surface area contributed by atoms with E-state index in [1.54, 1.807) is 6.08 Å². The standard InChI is InChI=1S/C55H97N3O30/c1-4-5-6-7-8-9-10-11-12-13-14-15-16-17-28(66)27(56)24-79-51-43(75)41(73)45(33(22-62)82-51)84-53-44(76)49(88-55(54(77)78)18-29(67)35(57-25(2)64)48(87-55)37(69)30(68)19-59)46(34(23-63)83-53)85-50-36(58-26(3)65)47(39(71)32(21-61)80-50)86-52-42(74)40(72)38(70)31(20-60)81-52/h16-17,27-53,59-63,66-76H,4-15,18-24,56H2,1-3H3,(H,57,64)(H,58,65)(H,77,78)/b17-16+/t27-,28+,29-,30+,31+,32+,33+,34+,35+,36+,37+,38-,39-,40-,41+,42+,43+,44+,45+,46-,47+,48+,49+,50-,51+,52-,53-,55-/m0/s1. The summed E-state index contributed by atoms with van der Waals surface area (Å²) in [5, 5.41) is 190. The first-order valence-corrected chi connectivity index (χ1v) is 30.1. The van der Waals surface area contributed by atoms with Gasteiger partial charge in [0.15, 0.2) is 25.2 Å². The summed E-state index contributed by atoms with van der Waals surface area (Å²) in [7, 11) is 0. The molecule has 5 aliphatic heterocycles. The predicted molar refractivity (Wildman–Crippen MR) is 295 cm³/mol. The molecule has 0 aromatic carbocycles. The number of nitrogens with two attached hydrogens (primary N) is 1. The highest BCUT2D eigenvalue weighted by Crippen LogP contribution is 2.41. The molecule has 5 heterocycles. The van der Waals surface area contributed by atoms with Gasteiger partial charge >= 0.3 is 5.97 Å². The number of nitrogens with one attached hydrogen (secondary N) is 2. The van der Waals surface area contributed by atoms with Crippen LogP contribution < -0.4 is 16.4 Å². The molecule has 33 heteroatoms. The molecule has 5 saturated heterocycles. The second kappa shape index (κ2) is 36.5. The molecule has 0 radical (unpaired) electrons. The van der Waals surface area contributed by atoms with E-state index in [1.807, 2.05) is 0 Å². The molecule has 88 heavy (non-hydrogen) atoms. The molecule has 0 aromatic heterocycles. The van der Waals surface area contributed by atoms with Crippen molar-refractivity contribution in [2.24, 2.45) is 5.73 Å². The molecule has 5 fully saturated rings. The topological polar surface area (TPSA) is 538 Å². The minimum atomic E-state index is -3.36. The molecule has 2 amide bonds. The fourth-order valence-electron chi connectivity index (χ4n) is 11.3. The van der Waals surface area contributed by atoms with Crippen LogP contribution in [0.5, 0.6) is 0 Å². The number of rotatable bonds is 35. The number of aliphatic carboxylic acids is 1. The summed E-state index contributed by atoms with van der Waals surface area (Å²) in [5.74, 6) is -7.28. The number of carboxylic acid groups (broad SMARTS) is 1. The van der Waals surface area contributed by atoms with Gasteiger partial charge in [0.25, 0.3) is 5.79 Å². The number of allylic oxidation sites excluding steroid dienone is 1. The van der Waals surface area contributed by atoms with Gasteiger partial charge in [-0.15, -0.1) is 0 Å². The highest BCUT2D eigenvalue weighted by molar-refractivity contribution is 5.76. The third-order valence-corrected chi connectivity index (χ3v) is 16.3. The first-order chi connectivity index (χ1) is 41.8. The molecule has 5 aliphatic rings. The lowest BCUT2D eigenvalue weighted by atomic mass is 9.88. The molecule has 0 saturated carbocycles. The molecule has 21 N–H and O–H groups in total. The number of unbranched alkanes of at least 4 members (excludes halogenated alkanes) is 11. The van der Waals surface area contributed by atoms with Crippen LogP contribution in [0.3, 0.4) is 0 Å². The van der Waals surface area contributed by atoms with Crippen molar-refractivity contribution in [1.82, 2.24) is 10.6 Å². The fourth-order valence-corrected chi connectivity index (χ4v) is 11.3. The van der Waals surface area contributed by atoms with Crippen LogP contribution in [0.25, 0.3) is 0 Å². The van der Waals surface area contributed by atoms with E-state index < -0.39 is 235 Å². The van der Waals surface area contributed by atoms with Gasteiger partial charge in [-0.3, -0.25) is 9.59 Å². The van der Waals surface area contributed by atoms with Gasteiger partial charge in [0.05, 0.1) is 63.9 Å². The first kappa shape index (κ1) is 75.8. The van der Waals surface area contributed by atoms with E-state index in [4.69, 9.17) is 53.1 Å². The molecule has 0 bridgehead atoms. The Kier molecular flexibility index (Phi) is 31.4. The number of hydrogen-bond acceptors (Lipinski definition) is 30. The number of amides is 2. The highest BCUT2D eigenvalue weighted by Gasteiger charge is 2.62. The quantitative estimate of drug-likeness (QED) is 0.0207. The van der Waals surface area contributed by atoms with Crippen LogP contribution in [0.1, 0.15) is 104 Å². The molecular formula is C55H97N3O30. The summed E-state index contributed by atoms with van der Waals surface area (Å²) in [6.45, 7) is -1.77. The normalized spacial score (nSPS) is 39.6. The van der Waals surface area contributed by atoms with Crippen molar-refractivity contribution in [3.63, 3.8) is 0 Å². The monoisotopic (exact) mass is 1280 g/mol. The minimum Gasteiger partial charge on any atom is -0.477 e. The molecule has 0 unspecified atom stereocenters. The zero-order chi connectivity index (χ0) is 65.2. The smallest absolute Gasteiger partial charge is 0.364 e. The maximum Gasteiger partial charge on any atom is 0.364 e. The van der Waals surface area contributed by atoms with Crippen LogP contribution in [0.4, 0.5) is 0 Å². The second-order valence-electron chi connectivity index (χ2n) is 23.1. The van der Waals surface area contributed by atoms with Crippen LogP contribution in [0.15, 0.2) is 12.2 Å². The van der Waals surface area contributed by atoms with Crippen LogP contribution in [-0.4, -0.2) is 315 Å². The number of hydrogen-bond donors (Lipinski definition) is 20. The largest absolute Gasteiger partial charge is 0.477 e. The Balaban J connectivity index is 1.42. The van der Waals surface area contributed by atoms with E-state index in [0.717, 1.165) is 39.5 Å². The van der Waals surface area contributed by atoms with Crippen molar-refractivity contribution in [1.29, 1.82) is 0 Å². The number of carbonyl (C=O) groups excluding carboxylic acids is 2. The highest BCUT2D eigenvalue weighted by atomic mass is 16.8. The summed E-state index contributed by atoms with van der Waals surface area (Å²) in [5.41, 5.74) is 6.20. The van der Waals surface area contributed by atoms with Gasteiger partial charge in [0.2, 0.25) is 11.8 Å². The zero-order valence-electron chi connectivity index (χ0n) is 49.7. The van der Waals surface area contributed by atoms with Crippen LogP contribution >= 0.6 is 0 Å². The Morgan fingerprint density at radius 2 is 1.07 bits per heavy atom. The number of aliphatic hydroxyl groups excluding tert-OH is 16. The number of carboxylic acids is 1. The van der Waals surface area contributed by atoms with Crippen molar-refractivity contribution >= 4 is 17.8 Å². The summed E-state index contributed by atoms with van der Waals surface area (Å²) in [6.07, 6.45) is -32.9. The second-order valence-corrected chi connectivity index (χ2v) is 23.1. The van der Waals surface area contributed by atoms with Gasteiger partial charge in [-0.25, -0.2) is 4.79 Å². The van der Waals surface area contributed by atoms with Crippen molar-refractivity contribution in [3.05, 3.63) is 12.2 Å². The number of carbonyl (C=O) groups is 3. The van der Waals surface area contributed by atoms with Crippen LogP contribution in [0.2, 0.25) is 0 Å². The minimum absolute atomic E-state index is 0.457. The van der Waals surface area contributed by atoms with Crippen LogP contribution in [0, 0.1) is 0 Å². The molecule has 5 rings (SSSR count). The molecule has 33 nitrogen and oxygen atoms in total. The summed E-state index contributed by atoms with van der Waals surface area (Å²) >= 11 is 0. The van der Waals surface area contributed by atoms with Gasteiger partial charge in [0.1, 0.15) is 116 Å². The first-order valence-electron chi connectivity index (χ1n) is 30.1. The predicted octanol–water partition coefficient (Wildman–Crippen LogP) is -7.46. The fraction of sp³-hybridized carbons (Fsp3) is 0.909. The third kappa shape index (κ3) is 19.8. The van der Waals surface area contributed by atoms with Gasteiger partial charge in [-0.1, -0.05) is 83.3 Å². The third-order valence-electron chi connectivity index (χ3n) is 16.3. The van der Waals surface area contributed by atoms with E-state index in [9.17, 15) is 101 Å². The molecule has 0 aromatic rings. The van der Waals surface area contributed by atoms with Crippen molar-refractivity contribution in [2.45, 2.75) is 275 Å². The Bertz CT molecular complexity index is 2090.